The van der Waals surface area contributed by atoms with Crippen molar-refractivity contribution in [2.45, 2.75) is 38.5 Å². The molecule has 3 aromatic rings. The highest BCUT2D eigenvalue weighted by Gasteiger charge is 2.42. The third-order valence-corrected chi connectivity index (χ3v) is 5.40. The van der Waals surface area contributed by atoms with Gasteiger partial charge in [0.25, 0.3) is 0 Å². The van der Waals surface area contributed by atoms with Gasteiger partial charge in [-0.1, -0.05) is 18.3 Å². The maximum atomic E-state index is 10.1. The van der Waals surface area contributed by atoms with Crippen LogP contribution in [0.2, 0.25) is 0 Å². The smallest absolute Gasteiger partial charge is 0.211 e. The summed E-state index contributed by atoms with van der Waals surface area (Å²) in [6, 6.07) is 1.91. The summed E-state index contributed by atoms with van der Waals surface area (Å²) in [5.41, 5.74) is 1.90. The molecule has 1 fully saturated rings. The Hall–Kier alpha value is -2.32. The maximum absolute atomic E-state index is 10.1. The number of thiazole rings is 1. The predicted molar refractivity (Wildman–Crippen MR) is 91.6 cm³/mol. The van der Waals surface area contributed by atoms with E-state index >= 15 is 0 Å². The first-order chi connectivity index (χ1) is 11.5. The minimum Gasteiger partial charge on any atom is -0.356 e. The Morgan fingerprint density at radius 1 is 1.33 bits per heavy atom. The van der Waals surface area contributed by atoms with Crippen molar-refractivity contribution in [3.8, 4) is 10.6 Å². The molecule has 4 rings (SSSR count). The number of aromatic nitrogens is 5. The van der Waals surface area contributed by atoms with Gasteiger partial charge in [-0.25, -0.2) is 19.9 Å². The number of imidazole rings is 1. The molecule has 0 aliphatic heterocycles. The first-order valence-electron chi connectivity index (χ1n) is 7.78. The van der Waals surface area contributed by atoms with Crippen molar-refractivity contribution in [2.75, 3.05) is 5.32 Å². The van der Waals surface area contributed by atoms with Crippen LogP contribution in [0.15, 0.2) is 31.0 Å². The lowest BCUT2D eigenvalue weighted by atomic mass is 10.1. The van der Waals surface area contributed by atoms with Crippen LogP contribution in [0.3, 0.4) is 0 Å². The quantitative estimate of drug-likeness (QED) is 0.693. The summed E-state index contributed by atoms with van der Waals surface area (Å²) < 4.78 is 1.56. The van der Waals surface area contributed by atoms with Crippen LogP contribution in [0.5, 0.6) is 0 Å². The predicted octanol–water partition coefficient (Wildman–Crippen LogP) is 2.72. The Bertz CT molecular complexity index is 855. The zero-order chi connectivity index (χ0) is 16.7. The minimum atomic E-state index is -0.905. The van der Waals surface area contributed by atoms with Crippen molar-refractivity contribution in [1.82, 2.24) is 24.5 Å². The Kier molecular flexibility index (Phi) is 3.58. The van der Waals surface area contributed by atoms with Gasteiger partial charge in [0.1, 0.15) is 5.82 Å². The third kappa shape index (κ3) is 2.78. The molecule has 1 unspecified atom stereocenters. The first kappa shape index (κ1) is 15.2. The summed E-state index contributed by atoms with van der Waals surface area (Å²) >= 11 is 1.47. The Labute approximate surface area is 143 Å². The van der Waals surface area contributed by atoms with Crippen LogP contribution in [-0.4, -0.2) is 29.6 Å². The number of anilines is 1. The van der Waals surface area contributed by atoms with E-state index in [1.165, 1.54) is 11.3 Å². The van der Waals surface area contributed by atoms with E-state index in [9.17, 15) is 5.11 Å². The number of aliphatic hydroxyl groups excluding tert-OH is 1. The van der Waals surface area contributed by atoms with Gasteiger partial charge in [-0.3, -0.25) is 4.57 Å². The van der Waals surface area contributed by atoms with Crippen molar-refractivity contribution in [1.29, 1.82) is 0 Å². The first-order valence-corrected chi connectivity index (χ1v) is 8.60. The van der Waals surface area contributed by atoms with Gasteiger partial charge in [-0.2, -0.15) is 0 Å². The summed E-state index contributed by atoms with van der Waals surface area (Å²) in [7, 11) is 0. The van der Waals surface area contributed by atoms with Gasteiger partial charge in [-0.15, -0.1) is 0 Å². The number of aryl methyl sites for hydroxylation is 1. The maximum Gasteiger partial charge on any atom is 0.211 e. The average Bonchev–Trinajstić information content (AvgIpc) is 3.00. The lowest BCUT2D eigenvalue weighted by Gasteiger charge is -2.12. The van der Waals surface area contributed by atoms with Gasteiger partial charge in [0.15, 0.2) is 5.13 Å². The van der Waals surface area contributed by atoms with Crippen LogP contribution >= 0.6 is 11.3 Å². The lowest BCUT2D eigenvalue weighted by Crippen LogP contribution is -2.15. The number of nitrogens with one attached hydrogen (secondary N) is 1. The topological polar surface area (TPSA) is 88.8 Å². The van der Waals surface area contributed by atoms with E-state index in [2.05, 4.69) is 27.2 Å². The van der Waals surface area contributed by atoms with E-state index < -0.39 is 6.35 Å². The molecular weight excluding hydrogens is 324 g/mol. The summed E-state index contributed by atoms with van der Waals surface area (Å²) in [4.78, 5) is 18.6. The molecule has 1 atom stereocenters. The van der Waals surface area contributed by atoms with E-state index in [0.29, 0.717) is 5.13 Å². The van der Waals surface area contributed by atoms with Gasteiger partial charge in [0, 0.05) is 24.0 Å². The summed E-state index contributed by atoms with van der Waals surface area (Å²) in [6.45, 7) is 4.14. The molecular formula is C16H18N6OS. The monoisotopic (exact) mass is 342 g/mol. The Morgan fingerprint density at radius 3 is 2.88 bits per heavy atom. The molecule has 1 aliphatic rings. The molecule has 3 aromatic heterocycles. The van der Waals surface area contributed by atoms with Gasteiger partial charge >= 0.3 is 0 Å². The molecule has 124 valence electrons. The number of hydrogen-bond donors (Lipinski definition) is 2. The van der Waals surface area contributed by atoms with Gasteiger partial charge in [0.2, 0.25) is 6.35 Å². The molecule has 0 aromatic carbocycles. The molecule has 1 aliphatic carbocycles. The molecule has 2 N–H and O–H groups in total. The highest BCUT2D eigenvalue weighted by molar-refractivity contribution is 7.19. The van der Waals surface area contributed by atoms with E-state index in [4.69, 9.17) is 4.98 Å². The lowest BCUT2D eigenvalue weighted by molar-refractivity contribution is 0.133. The second-order valence-corrected chi connectivity index (χ2v) is 7.29. The van der Waals surface area contributed by atoms with Crippen molar-refractivity contribution in [3.05, 3.63) is 42.5 Å². The molecule has 0 bridgehead atoms. The van der Waals surface area contributed by atoms with Crippen molar-refractivity contribution in [3.63, 3.8) is 0 Å². The highest BCUT2D eigenvalue weighted by Crippen LogP contribution is 2.46. The van der Waals surface area contributed by atoms with Crippen molar-refractivity contribution >= 4 is 16.5 Å². The Balaban J connectivity index is 1.60. The van der Waals surface area contributed by atoms with E-state index in [0.717, 1.165) is 34.9 Å². The molecule has 24 heavy (non-hydrogen) atoms. The summed E-state index contributed by atoms with van der Waals surface area (Å²) in [5, 5.41) is 13.8. The SMILES string of the molecule is Cc1nc(NC(O)n2ccnc2)sc1-c1ccnc(C2(C)CC2)n1. The largest absolute Gasteiger partial charge is 0.356 e. The highest BCUT2D eigenvalue weighted by atomic mass is 32.1. The second-order valence-electron chi connectivity index (χ2n) is 6.29. The summed E-state index contributed by atoms with van der Waals surface area (Å²) in [6.07, 6.45) is 8.04. The molecule has 8 heteroatoms. The van der Waals surface area contributed by atoms with Gasteiger partial charge < -0.3 is 10.4 Å². The fourth-order valence-corrected chi connectivity index (χ4v) is 3.43. The molecule has 7 nitrogen and oxygen atoms in total. The molecule has 0 saturated heterocycles. The molecule has 3 heterocycles. The van der Waals surface area contributed by atoms with Crippen LogP contribution < -0.4 is 5.32 Å². The normalized spacial score (nSPS) is 16.8. The van der Waals surface area contributed by atoms with Crippen LogP contribution in [0.1, 0.15) is 37.6 Å². The van der Waals surface area contributed by atoms with Crippen molar-refractivity contribution in [2.24, 2.45) is 0 Å². The van der Waals surface area contributed by atoms with Crippen LogP contribution in [0, 0.1) is 6.92 Å². The van der Waals surface area contributed by atoms with E-state index in [1.54, 1.807) is 23.3 Å². The average molecular weight is 342 g/mol. The fraction of sp³-hybridized carbons (Fsp3) is 0.375. The second kappa shape index (κ2) is 5.64. The summed E-state index contributed by atoms with van der Waals surface area (Å²) in [5.74, 6) is 0.903. The fourth-order valence-electron chi connectivity index (χ4n) is 2.48. The molecule has 0 amide bonds. The van der Waals surface area contributed by atoms with Crippen molar-refractivity contribution < 1.29 is 5.11 Å². The van der Waals surface area contributed by atoms with Crippen LogP contribution in [0.4, 0.5) is 5.13 Å². The number of rotatable bonds is 5. The number of aliphatic hydroxyl groups is 1. The molecule has 1 saturated carbocycles. The minimum absolute atomic E-state index is 0.132. The number of nitrogens with zero attached hydrogens (tertiary/aromatic N) is 5. The van der Waals surface area contributed by atoms with Crippen LogP contribution in [0.25, 0.3) is 10.6 Å². The molecule has 0 spiro atoms. The van der Waals surface area contributed by atoms with E-state index in [1.807, 2.05) is 19.2 Å². The van der Waals surface area contributed by atoms with Gasteiger partial charge in [0.05, 0.1) is 22.6 Å². The Morgan fingerprint density at radius 2 is 2.17 bits per heavy atom. The van der Waals surface area contributed by atoms with E-state index in [-0.39, 0.29) is 5.41 Å². The zero-order valence-corrected chi connectivity index (χ0v) is 14.3. The van der Waals surface area contributed by atoms with Gasteiger partial charge in [-0.05, 0) is 25.8 Å². The molecule has 0 radical (unpaired) electrons. The zero-order valence-electron chi connectivity index (χ0n) is 13.5. The third-order valence-electron chi connectivity index (χ3n) is 4.28. The number of hydrogen-bond acceptors (Lipinski definition) is 7. The van der Waals surface area contributed by atoms with Crippen LogP contribution in [-0.2, 0) is 5.41 Å². The standard InChI is InChI=1S/C16H18N6OS/c1-10-12(11-3-6-18-13(20-11)16(2)4-5-16)24-14(19-10)21-15(23)22-8-7-17-9-22/h3,6-9,15,23H,4-5H2,1-2H3,(H,19,21).